The minimum atomic E-state index is 0.122. The van der Waals surface area contributed by atoms with E-state index in [1.807, 2.05) is 0 Å². The second-order valence-corrected chi connectivity index (χ2v) is 5.22. The predicted octanol–water partition coefficient (Wildman–Crippen LogP) is 0.132. The van der Waals surface area contributed by atoms with E-state index in [9.17, 15) is 0 Å². The van der Waals surface area contributed by atoms with Crippen LogP contribution in [0.15, 0.2) is 0 Å². The first-order valence-corrected chi connectivity index (χ1v) is 7.70. The Balaban J connectivity index is 2.06. The van der Waals surface area contributed by atoms with Crippen LogP contribution in [0.5, 0.6) is 0 Å². The van der Waals surface area contributed by atoms with Gasteiger partial charge in [-0.2, -0.15) is 0 Å². The first-order chi connectivity index (χ1) is 9.36. The summed E-state index contributed by atoms with van der Waals surface area (Å²) in [5.41, 5.74) is 5.51. The van der Waals surface area contributed by atoms with Crippen molar-refractivity contribution in [1.29, 1.82) is 0 Å². The third-order valence-corrected chi connectivity index (χ3v) is 3.65. The molecule has 1 rings (SSSR count). The number of aliphatic hydroxyl groups excluding tert-OH is 1. The summed E-state index contributed by atoms with van der Waals surface area (Å²) in [7, 11) is 0. The molecule has 0 radical (unpaired) electrons. The lowest BCUT2D eigenvalue weighted by molar-refractivity contribution is 0.0743. The molecule has 1 heterocycles. The van der Waals surface area contributed by atoms with Gasteiger partial charge in [0.25, 0.3) is 0 Å². The minimum Gasteiger partial charge on any atom is -0.394 e. The molecule has 0 bridgehead atoms. The zero-order valence-corrected chi connectivity index (χ0v) is 12.2. The van der Waals surface area contributed by atoms with Crippen molar-refractivity contribution in [3.05, 3.63) is 0 Å². The van der Waals surface area contributed by atoms with E-state index < -0.39 is 0 Å². The van der Waals surface area contributed by atoms with Crippen LogP contribution in [0.25, 0.3) is 0 Å². The Hall–Kier alpha value is -0.200. The third-order valence-electron chi connectivity index (χ3n) is 3.65. The summed E-state index contributed by atoms with van der Waals surface area (Å²) < 4.78 is 5.33. The number of nitrogens with zero attached hydrogens (tertiary/aromatic N) is 2. The molecule has 0 atom stereocenters. The van der Waals surface area contributed by atoms with Crippen LogP contribution in [0.4, 0.5) is 0 Å². The molecule has 114 valence electrons. The standard InChI is InChI=1S/C14H31N3O2/c15-5-2-1-3-6-16-7-4-8-17(10-9-16)11-13-19-14-12-18/h18H,1-15H2. The summed E-state index contributed by atoms with van der Waals surface area (Å²) in [4.78, 5) is 5.04. The van der Waals surface area contributed by atoms with Crippen LogP contribution in [0, 0.1) is 0 Å². The highest BCUT2D eigenvalue weighted by atomic mass is 16.5. The van der Waals surface area contributed by atoms with Gasteiger partial charge >= 0.3 is 0 Å². The highest BCUT2D eigenvalue weighted by molar-refractivity contribution is 4.69. The van der Waals surface area contributed by atoms with E-state index in [-0.39, 0.29) is 6.61 Å². The van der Waals surface area contributed by atoms with Gasteiger partial charge in [0, 0.05) is 19.6 Å². The lowest BCUT2D eigenvalue weighted by Gasteiger charge is -2.21. The number of ether oxygens (including phenoxy) is 1. The maximum Gasteiger partial charge on any atom is 0.0698 e. The van der Waals surface area contributed by atoms with E-state index in [0.29, 0.717) is 6.61 Å². The summed E-state index contributed by atoms with van der Waals surface area (Å²) in [6.07, 6.45) is 4.93. The van der Waals surface area contributed by atoms with Gasteiger partial charge in [-0.3, -0.25) is 4.90 Å². The second-order valence-electron chi connectivity index (χ2n) is 5.22. The summed E-state index contributed by atoms with van der Waals surface area (Å²) in [5.74, 6) is 0. The monoisotopic (exact) mass is 273 g/mol. The number of hydrogen-bond donors (Lipinski definition) is 2. The topological polar surface area (TPSA) is 62.0 Å². The van der Waals surface area contributed by atoms with Gasteiger partial charge in [0.2, 0.25) is 0 Å². The Labute approximate surface area is 117 Å². The smallest absolute Gasteiger partial charge is 0.0698 e. The normalized spacial score (nSPS) is 18.6. The molecular formula is C14H31N3O2. The van der Waals surface area contributed by atoms with Gasteiger partial charge in [-0.05, 0) is 45.4 Å². The highest BCUT2D eigenvalue weighted by Crippen LogP contribution is 2.05. The molecule has 0 amide bonds. The van der Waals surface area contributed by atoms with Gasteiger partial charge < -0.3 is 20.5 Å². The predicted molar refractivity (Wildman–Crippen MR) is 78.3 cm³/mol. The molecule has 5 heteroatoms. The second kappa shape index (κ2) is 11.6. The molecule has 5 nitrogen and oxygen atoms in total. The van der Waals surface area contributed by atoms with Crippen LogP contribution in [-0.4, -0.2) is 80.5 Å². The molecule has 0 aromatic rings. The average Bonchev–Trinajstić information content (AvgIpc) is 2.65. The fourth-order valence-electron chi connectivity index (χ4n) is 2.49. The van der Waals surface area contributed by atoms with Gasteiger partial charge in [-0.25, -0.2) is 0 Å². The van der Waals surface area contributed by atoms with Crippen LogP contribution in [0.2, 0.25) is 0 Å². The lowest BCUT2D eigenvalue weighted by atomic mass is 10.2. The van der Waals surface area contributed by atoms with E-state index in [2.05, 4.69) is 9.80 Å². The van der Waals surface area contributed by atoms with Crippen LogP contribution < -0.4 is 5.73 Å². The number of hydrogen-bond acceptors (Lipinski definition) is 5. The van der Waals surface area contributed by atoms with E-state index in [4.69, 9.17) is 15.6 Å². The Bertz CT molecular complexity index is 185. The van der Waals surface area contributed by atoms with E-state index in [0.717, 1.165) is 32.7 Å². The van der Waals surface area contributed by atoms with Crippen LogP contribution in [0.3, 0.4) is 0 Å². The first-order valence-electron chi connectivity index (χ1n) is 7.70. The number of nitrogens with two attached hydrogens (primary N) is 1. The number of aliphatic hydroxyl groups is 1. The first kappa shape index (κ1) is 16.9. The van der Waals surface area contributed by atoms with Gasteiger partial charge in [0.15, 0.2) is 0 Å². The van der Waals surface area contributed by atoms with E-state index >= 15 is 0 Å². The van der Waals surface area contributed by atoms with Crippen LogP contribution in [0.1, 0.15) is 25.7 Å². The average molecular weight is 273 g/mol. The fraction of sp³-hybridized carbons (Fsp3) is 1.00. The molecular weight excluding hydrogens is 242 g/mol. The van der Waals surface area contributed by atoms with Crippen molar-refractivity contribution in [3.63, 3.8) is 0 Å². The lowest BCUT2D eigenvalue weighted by Crippen LogP contribution is -2.33. The fourth-order valence-corrected chi connectivity index (χ4v) is 2.49. The molecule has 0 unspecified atom stereocenters. The molecule has 0 aromatic heterocycles. The van der Waals surface area contributed by atoms with Gasteiger partial charge in [0.1, 0.15) is 0 Å². The Morgan fingerprint density at radius 2 is 1.63 bits per heavy atom. The Kier molecular flexibility index (Phi) is 10.3. The van der Waals surface area contributed by atoms with Crippen LogP contribution >= 0.6 is 0 Å². The van der Waals surface area contributed by atoms with Crippen molar-refractivity contribution in [2.45, 2.75) is 25.7 Å². The highest BCUT2D eigenvalue weighted by Gasteiger charge is 2.13. The molecule has 19 heavy (non-hydrogen) atoms. The van der Waals surface area contributed by atoms with Gasteiger partial charge in [-0.1, -0.05) is 6.42 Å². The van der Waals surface area contributed by atoms with Crippen molar-refractivity contribution in [2.75, 3.05) is 65.6 Å². The van der Waals surface area contributed by atoms with Crippen LogP contribution in [-0.2, 0) is 4.74 Å². The summed E-state index contributed by atoms with van der Waals surface area (Å²) in [6, 6.07) is 0. The van der Waals surface area contributed by atoms with Gasteiger partial charge in [0.05, 0.1) is 19.8 Å². The van der Waals surface area contributed by atoms with E-state index in [1.165, 1.54) is 45.4 Å². The summed E-state index contributed by atoms with van der Waals surface area (Å²) in [6.45, 7) is 9.03. The number of unbranched alkanes of at least 4 members (excludes halogenated alkanes) is 2. The van der Waals surface area contributed by atoms with Crippen molar-refractivity contribution in [2.24, 2.45) is 5.73 Å². The Morgan fingerprint density at radius 3 is 2.32 bits per heavy atom. The zero-order chi connectivity index (χ0) is 13.8. The molecule has 3 N–H and O–H groups in total. The molecule has 1 aliphatic rings. The maximum atomic E-state index is 8.65. The summed E-state index contributed by atoms with van der Waals surface area (Å²) >= 11 is 0. The van der Waals surface area contributed by atoms with Crippen molar-refractivity contribution >= 4 is 0 Å². The SMILES string of the molecule is NCCCCCN1CCCN(CCOCCO)CC1. The molecule has 1 saturated heterocycles. The summed E-state index contributed by atoms with van der Waals surface area (Å²) in [5, 5.41) is 8.65. The third kappa shape index (κ3) is 8.55. The molecule has 0 aromatic carbocycles. The van der Waals surface area contributed by atoms with E-state index in [1.54, 1.807) is 0 Å². The molecule has 1 aliphatic heterocycles. The Morgan fingerprint density at radius 1 is 0.895 bits per heavy atom. The molecule has 0 saturated carbocycles. The molecule has 0 aliphatic carbocycles. The maximum absolute atomic E-state index is 8.65. The number of rotatable bonds is 10. The van der Waals surface area contributed by atoms with Gasteiger partial charge in [-0.15, -0.1) is 0 Å². The molecule has 1 fully saturated rings. The molecule has 0 spiro atoms. The quantitative estimate of drug-likeness (QED) is 0.554. The largest absolute Gasteiger partial charge is 0.394 e. The minimum absolute atomic E-state index is 0.122. The van der Waals surface area contributed by atoms with Crippen molar-refractivity contribution < 1.29 is 9.84 Å². The zero-order valence-electron chi connectivity index (χ0n) is 12.2. The van der Waals surface area contributed by atoms with Crippen molar-refractivity contribution in [3.8, 4) is 0 Å². The van der Waals surface area contributed by atoms with Crippen molar-refractivity contribution in [1.82, 2.24) is 9.80 Å².